The molecule has 3 aromatic rings. The van der Waals surface area contributed by atoms with Crippen molar-refractivity contribution in [1.82, 2.24) is 0 Å². The largest absolute Gasteiger partial charge is 0.741 e. The molecular formula is C35H48F3O3SSb. The Labute approximate surface area is 270 Å². The number of hydrogen-bond acceptors (Lipinski definition) is 3. The summed E-state index contributed by atoms with van der Waals surface area (Å²) >= 11 is 0.772. The fourth-order valence-corrected chi connectivity index (χ4v) is 8.21. The van der Waals surface area contributed by atoms with Crippen molar-refractivity contribution in [2.45, 2.75) is 105 Å². The molecular weight excluding hydrogens is 679 g/mol. The summed E-state index contributed by atoms with van der Waals surface area (Å²) in [5, 5.41) is 0. The molecule has 238 valence electrons. The van der Waals surface area contributed by atoms with Crippen LogP contribution in [0.3, 0.4) is 0 Å². The Kier molecular flexibility index (Phi) is 17.0. The van der Waals surface area contributed by atoms with Crippen LogP contribution in [0.1, 0.15) is 113 Å². The smallest absolute Gasteiger partial charge is 0.485 e. The van der Waals surface area contributed by atoms with E-state index in [2.05, 4.69) is 97.9 Å². The predicted octanol–water partition coefficient (Wildman–Crippen LogP) is 9.22. The van der Waals surface area contributed by atoms with Crippen LogP contribution in [0.2, 0.25) is 0 Å². The average molecular weight is 728 g/mol. The Morgan fingerprint density at radius 2 is 0.953 bits per heavy atom. The van der Waals surface area contributed by atoms with E-state index in [0.29, 0.717) is 5.92 Å². The van der Waals surface area contributed by atoms with E-state index in [9.17, 15) is 13.2 Å². The molecule has 0 heterocycles. The van der Waals surface area contributed by atoms with Crippen molar-refractivity contribution < 1.29 is 26.1 Å². The molecule has 0 aliphatic rings. The van der Waals surface area contributed by atoms with Crippen molar-refractivity contribution in [3.8, 4) is 0 Å². The maximum Gasteiger partial charge on any atom is 0.485 e. The van der Waals surface area contributed by atoms with Gasteiger partial charge in [-0.25, -0.2) is 8.42 Å². The topological polar surface area (TPSA) is 57.2 Å². The molecule has 1 unspecified atom stereocenters. The molecule has 0 aromatic heterocycles. The first-order valence-electron chi connectivity index (χ1n) is 15.5. The minimum absolute atomic E-state index is 0.116. The van der Waals surface area contributed by atoms with Gasteiger partial charge in [-0.2, -0.15) is 13.2 Å². The van der Waals surface area contributed by atoms with E-state index in [1.54, 1.807) is 0 Å². The number of unbranched alkanes of at least 4 members (excludes halogenated alkanes) is 11. The number of hydrogen-bond donors (Lipinski definition) is 0. The first-order valence-corrected chi connectivity index (χ1v) is 19.0. The van der Waals surface area contributed by atoms with Crippen molar-refractivity contribution >= 4 is 33.1 Å². The number of rotatable bonds is 17. The van der Waals surface area contributed by atoms with Gasteiger partial charge in [0.1, 0.15) is 0 Å². The van der Waals surface area contributed by atoms with E-state index in [-0.39, 0.29) is 3.36 Å². The zero-order valence-electron chi connectivity index (χ0n) is 25.4. The standard InChI is InChI=1S/C34H45.CHF3O3S.Sb.3H/c1-2-3-4-5-6-7-8-9-10-11-12-22-29-33(30-23-16-13-17-24-30)34(31-25-18-14-19-26-31)32-27-20-15-21-28-32;2-1(3,4)8(5,6)7;;;;/h13-21,23-28,33H,2-12,22,29H2,1H3;(H,5,6,7);;;;/q;;+1;;;/p-1. The zero-order chi connectivity index (χ0) is 31.6. The van der Waals surface area contributed by atoms with Crippen LogP contribution in [0.4, 0.5) is 13.2 Å². The van der Waals surface area contributed by atoms with Gasteiger partial charge < -0.3 is 4.55 Å². The summed E-state index contributed by atoms with van der Waals surface area (Å²) in [6.45, 7) is 2.30. The maximum atomic E-state index is 10.7. The molecule has 0 spiro atoms. The Morgan fingerprint density at radius 1 is 0.628 bits per heavy atom. The van der Waals surface area contributed by atoms with Crippen LogP contribution < -0.4 is 0 Å². The summed E-state index contributed by atoms with van der Waals surface area (Å²) in [5.74, 6) is 0.531. The third kappa shape index (κ3) is 13.0. The molecule has 0 saturated carbocycles. The first-order chi connectivity index (χ1) is 20.5. The van der Waals surface area contributed by atoms with Crippen LogP contribution in [-0.4, -0.2) is 41.5 Å². The predicted molar refractivity (Wildman–Crippen MR) is 174 cm³/mol. The summed E-state index contributed by atoms with van der Waals surface area (Å²) in [7, 11) is -6.09. The number of halogens is 3. The van der Waals surface area contributed by atoms with E-state index in [1.807, 2.05) is 0 Å². The van der Waals surface area contributed by atoms with Gasteiger partial charge >= 0.3 is 210 Å². The summed E-state index contributed by atoms with van der Waals surface area (Å²) in [4.78, 5) is 0. The quantitative estimate of drug-likeness (QED) is 0.0603. The molecule has 0 bridgehead atoms. The van der Waals surface area contributed by atoms with Gasteiger partial charge in [-0.15, -0.1) is 0 Å². The second-order valence-corrected chi connectivity index (χ2v) is 15.8. The van der Waals surface area contributed by atoms with E-state index in [4.69, 9.17) is 13.0 Å². The Balaban J connectivity index is 0.000000708. The molecule has 8 heteroatoms. The molecule has 0 radical (unpaired) electrons. The van der Waals surface area contributed by atoms with E-state index in [1.165, 1.54) is 100 Å². The molecule has 0 saturated heterocycles. The molecule has 0 aliphatic heterocycles. The first kappa shape index (κ1) is 37.4. The van der Waals surface area contributed by atoms with Gasteiger partial charge in [0.25, 0.3) is 0 Å². The van der Waals surface area contributed by atoms with Crippen molar-refractivity contribution in [3.63, 3.8) is 0 Å². The second kappa shape index (κ2) is 19.5. The SMILES string of the molecule is CCCCCCCCCCCCCCC(c1ccccc1)[C]([SbH3+])(c1ccccc1)c1ccccc1.O=S(=O)([O-])C(F)(F)F. The zero-order valence-corrected chi connectivity index (χ0v) is 30.3. The number of alkyl halides is 3. The van der Waals surface area contributed by atoms with Crippen molar-refractivity contribution in [2.24, 2.45) is 0 Å². The van der Waals surface area contributed by atoms with Crippen LogP contribution in [0, 0.1) is 0 Å². The molecule has 0 aliphatic carbocycles. The van der Waals surface area contributed by atoms with E-state index >= 15 is 0 Å². The van der Waals surface area contributed by atoms with Crippen LogP contribution >= 0.6 is 0 Å². The Morgan fingerprint density at radius 3 is 1.30 bits per heavy atom. The van der Waals surface area contributed by atoms with Crippen molar-refractivity contribution in [1.29, 1.82) is 0 Å². The average Bonchev–Trinajstić information content (AvgIpc) is 3.00. The minimum atomic E-state index is -6.09. The van der Waals surface area contributed by atoms with Gasteiger partial charge in [0.2, 0.25) is 0 Å². The fraction of sp³-hybridized carbons (Fsp3) is 0.486. The van der Waals surface area contributed by atoms with Gasteiger partial charge in [-0.05, 0) is 0 Å². The van der Waals surface area contributed by atoms with Crippen LogP contribution in [0.15, 0.2) is 91.0 Å². The Hall–Kier alpha value is -1.82. The summed E-state index contributed by atoms with van der Waals surface area (Å²) in [6.07, 6.45) is 18.2. The molecule has 3 rings (SSSR count). The summed E-state index contributed by atoms with van der Waals surface area (Å²) in [6, 6.07) is 34.0. The van der Waals surface area contributed by atoms with Gasteiger partial charge in [0.05, 0.1) is 0 Å². The van der Waals surface area contributed by atoms with Gasteiger partial charge in [0.15, 0.2) is 10.1 Å². The third-order valence-corrected chi connectivity index (χ3v) is 12.3. The number of benzene rings is 3. The molecule has 1 atom stereocenters. The van der Waals surface area contributed by atoms with Gasteiger partial charge in [-0.3, -0.25) is 0 Å². The molecule has 0 fully saturated rings. The second-order valence-electron chi connectivity index (χ2n) is 11.2. The monoisotopic (exact) mass is 726 g/mol. The fourth-order valence-electron chi connectivity index (χ4n) is 5.61. The van der Waals surface area contributed by atoms with Crippen molar-refractivity contribution in [2.75, 3.05) is 0 Å². The Bertz CT molecular complexity index is 1200. The molecule has 0 amide bonds. The van der Waals surface area contributed by atoms with Crippen LogP contribution in [0.25, 0.3) is 0 Å². The van der Waals surface area contributed by atoms with Gasteiger partial charge in [0, 0.05) is 0 Å². The molecule has 3 nitrogen and oxygen atoms in total. The van der Waals surface area contributed by atoms with Crippen molar-refractivity contribution in [3.05, 3.63) is 108 Å². The minimum Gasteiger partial charge on any atom is -0.741 e. The van der Waals surface area contributed by atoms with Crippen LogP contribution in [0.5, 0.6) is 0 Å². The maximum absolute atomic E-state index is 10.7. The molecule has 3 aromatic carbocycles. The van der Waals surface area contributed by atoms with E-state index < -0.39 is 15.6 Å². The summed E-state index contributed by atoms with van der Waals surface area (Å²) in [5.41, 5.74) is -1.16. The summed E-state index contributed by atoms with van der Waals surface area (Å²) < 4.78 is 59.0. The van der Waals surface area contributed by atoms with E-state index in [0.717, 1.165) is 23.0 Å². The molecule has 0 N–H and O–H groups in total. The normalized spacial score (nSPS) is 12.9. The van der Waals surface area contributed by atoms with Gasteiger partial charge in [-0.1, -0.05) is 26.2 Å². The van der Waals surface area contributed by atoms with Crippen LogP contribution in [-0.2, 0) is 13.5 Å². The third-order valence-electron chi connectivity index (χ3n) is 8.00. The molecule has 43 heavy (non-hydrogen) atoms.